The molecule has 2 heterocycles. The van der Waals surface area contributed by atoms with E-state index in [-0.39, 0.29) is 21.7 Å². The molecule has 0 aliphatic carbocycles. The highest BCUT2D eigenvalue weighted by atomic mass is 35.5. The predicted molar refractivity (Wildman–Crippen MR) is 110 cm³/mol. The fourth-order valence-electron chi connectivity index (χ4n) is 3.07. The zero-order valence-corrected chi connectivity index (χ0v) is 17.9. The number of nitrogens with one attached hydrogen (secondary N) is 1. The predicted octanol–water partition coefficient (Wildman–Crippen LogP) is 3.67. The summed E-state index contributed by atoms with van der Waals surface area (Å²) in [6, 6.07) is 6.11. The molecule has 1 saturated heterocycles. The third-order valence-electron chi connectivity index (χ3n) is 4.58. The van der Waals surface area contributed by atoms with Crippen molar-refractivity contribution >= 4 is 45.0 Å². The van der Waals surface area contributed by atoms with Gasteiger partial charge in [0.25, 0.3) is 5.91 Å². The number of anilines is 1. The number of nitrogens with zero attached hydrogens (tertiary/aromatic N) is 3. The lowest BCUT2D eigenvalue weighted by atomic mass is 10.1. The van der Waals surface area contributed by atoms with Crippen molar-refractivity contribution in [1.29, 1.82) is 0 Å². The second-order valence-corrected chi connectivity index (χ2v) is 9.56. The fraction of sp³-hybridized carbons (Fsp3) is 0.389. The van der Waals surface area contributed by atoms with Crippen LogP contribution in [-0.4, -0.2) is 47.4 Å². The van der Waals surface area contributed by atoms with Gasteiger partial charge in [0, 0.05) is 18.3 Å². The van der Waals surface area contributed by atoms with Gasteiger partial charge in [-0.2, -0.15) is 4.31 Å². The van der Waals surface area contributed by atoms with Crippen LogP contribution in [0.3, 0.4) is 0 Å². The minimum absolute atomic E-state index is 0.0105. The summed E-state index contributed by atoms with van der Waals surface area (Å²) in [4.78, 5) is 20.8. The summed E-state index contributed by atoms with van der Waals surface area (Å²) in [5, 5.41) is 3.27. The average molecular weight is 441 g/mol. The van der Waals surface area contributed by atoms with Gasteiger partial charge in [0.1, 0.15) is 0 Å². The van der Waals surface area contributed by atoms with Gasteiger partial charge in [0.15, 0.2) is 10.9 Å². The van der Waals surface area contributed by atoms with Crippen LogP contribution >= 0.6 is 23.4 Å². The first-order valence-electron chi connectivity index (χ1n) is 8.82. The van der Waals surface area contributed by atoms with Gasteiger partial charge in [-0.3, -0.25) is 4.79 Å². The van der Waals surface area contributed by atoms with Gasteiger partial charge in [0.2, 0.25) is 10.0 Å². The highest BCUT2D eigenvalue weighted by Gasteiger charge is 2.30. The molecule has 10 heteroatoms. The monoisotopic (exact) mass is 440 g/mol. The normalized spacial score (nSPS) is 18.0. The Morgan fingerprint density at radius 1 is 1.29 bits per heavy atom. The van der Waals surface area contributed by atoms with Gasteiger partial charge in [-0.15, -0.1) is 0 Å². The number of piperidine rings is 1. The Bertz CT molecular complexity index is 967. The van der Waals surface area contributed by atoms with E-state index >= 15 is 0 Å². The molecule has 0 unspecified atom stereocenters. The van der Waals surface area contributed by atoms with Crippen molar-refractivity contribution in [1.82, 2.24) is 14.3 Å². The summed E-state index contributed by atoms with van der Waals surface area (Å²) in [5.74, 6) is -0.483. The maximum absolute atomic E-state index is 12.9. The standard InChI is InChI=1S/C18H21ClN4O3S2/c1-12-5-3-4-10-23(12)28(25,26)14-8-6-13(7-9-14)21-17(24)16-15(19)11-20-18(22-16)27-2/h6-9,11-12H,3-5,10H2,1-2H3,(H,21,24)/t12-/m0/s1. The third kappa shape index (κ3) is 4.48. The Balaban J connectivity index is 1.77. The minimum atomic E-state index is -3.55. The van der Waals surface area contributed by atoms with Gasteiger partial charge in [-0.1, -0.05) is 29.8 Å². The van der Waals surface area contributed by atoms with E-state index in [2.05, 4.69) is 15.3 Å². The van der Waals surface area contributed by atoms with Crippen LogP contribution in [0.15, 0.2) is 40.5 Å². The van der Waals surface area contributed by atoms with Crippen LogP contribution in [0.1, 0.15) is 36.7 Å². The van der Waals surface area contributed by atoms with Crippen molar-refractivity contribution in [3.63, 3.8) is 0 Å². The number of thioether (sulfide) groups is 1. The Labute approximate surface area is 173 Å². The SMILES string of the molecule is CSc1ncc(Cl)c(C(=O)Nc2ccc(S(=O)(=O)N3CCCC[C@@H]3C)cc2)n1. The number of hydrogen-bond donors (Lipinski definition) is 1. The molecule has 1 aromatic heterocycles. The fourth-order valence-corrected chi connectivity index (χ4v) is 5.29. The summed E-state index contributed by atoms with van der Waals surface area (Å²) in [6.07, 6.45) is 5.96. The molecule has 0 spiro atoms. The highest BCUT2D eigenvalue weighted by Crippen LogP contribution is 2.26. The first-order chi connectivity index (χ1) is 13.3. The Morgan fingerprint density at radius 3 is 2.64 bits per heavy atom. The molecule has 7 nitrogen and oxygen atoms in total. The van der Waals surface area contributed by atoms with E-state index in [9.17, 15) is 13.2 Å². The quantitative estimate of drug-likeness (QED) is 0.563. The number of sulfonamides is 1. The summed E-state index contributed by atoms with van der Waals surface area (Å²) < 4.78 is 27.3. The number of halogens is 1. The first kappa shape index (κ1) is 21.0. The zero-order valence-electron chi connectivity index (χ0n) is 15.6. The lowest BCUT2D eigenvalue weighted by molar-refractivity contribution is 0.102. The number of carbonyl (C=O) groups excluding carboxylic acids is 1. The van der Waals surface area contributed by atoms with E-state index in [0.29, 0.717) is 17.4 Å². The number of rotatable bonds is 5. The van der Waals surface area contributed by atoms with E-state index in [1.807, 2.05) is 6.92 Å². The maximum Gasteiger partial charge on any atom is 0.275 e. The van der Waals surface area contributed by atoms with Crippen LogP contribution in [0.2, 0.25) is 5.02 Å². The van der Waals surface area contributed by atoms with Crippen molar-refractivity contribution in [2.75, 3.05) is 18.1 Å². The maximum atomic E-state index is 12.9. The molecule has 28 heavy (non-hydrogen) atoms. The highest BCUT2D eigenvalue weighted by molar-refractivity contribution is 7.98. The number of amides is 1. The van der Waals surface area contributed by atoms with E-state index in [1.165, 1.54) is 30.1 Å². The topological polar surface area (TPSA) is 92.3 Å². The molecule has 1 aliphatic rings. The number of carbonyl (C=O) groups is 1. The van der Waals surface area contributed by atoms with Crippen LogP contribution in [0.4, 0.5) is 5.69 Å². The van der Waals surface area contributed by atoms with Crippen LogP contribution in [0.5, 0.6) is 0 Å². The molecule has 0 radical (unpaired) electrons. The van der Waals surface area contributed by atoms with Crippen molar-refractivity contribution in [3.05, 3.63) is 41.2 Å². The Hall–Kier alpha value is -1.68. The molecule has 1 amide bonds. The molecule has 150 valence electrons. The summed E-state index contributed by atoms with van der Waals surface area (Å²) in [6.45, 7) is 2.46. The van der Waals surface area contributed by atoms with Crippen LogP contribution < -0.4 is 5.32 Å². The van der Waals surface area contributed by atoms with Gasteiger partial charge < -0.3 is 5.32 Å². The van der Waals surface area contributed by atoms with Crippen LogP contribution in [0.25, 0.3) is 0 Å². The molecule has 1 aliphatic heterocycles. The van der Waals surface area contributed by atoms with E-state index < -0.39 is 15.9 Å². The molecule has 2 aromatic rings. The molecular formula is C18H21ClN4O3S2. The zero-order chi connectivity index (χ0) is 20.3. The van der Waals surface area contributed by atoms with E-state index in [0.717, 1.165) is 19.3 Å². The smallest absolute Gasteiger partial charge is 0.275 e. The van der Waals surface area contributed by atoms with Crippen molar-refractivity contribution in [2.24, 2.45) is 0 Å². The van der Waals surface area contributed by atoms with Gasteiger partial charge in [-0.25, -0.2) is 18.4 Å². The molecule has 1 aromatic carbocycles. The van der Waals surface area contributed by atoms with Crippen LogP contribution in [0, 0.1) is 0 Å². The molecule has 1 atom stereocenters. The summed E-state index contributed by atoms with van der Waals surface area (Å²) in [5.41, 5.74) is 0.524. The average Bonchev–Trinajstić information content (AvgIpc) is 2.69. The Kier molecular flexibility index (Phi) is 6.59. The van der Waals surface area contributed by atoms with E-state index in [1.54, 1.807) is 22.7 Å². The van der Waals surface area contributed by atoms with Gasteiger partial charge >= 0.3 is 0 Å². The largest absolute Gasteiger partial charge is 0.321 e. The summed E-state index contributed by atoms with van der Waals surface area (Å²) >= 11 is 7.32. The molecule has 0 bridgehead atoms. The lowest BCUT2D eigenvalue weighted by Gasteiger charge is -2.32. The lowest BCUT2D eigenvalue weighted by Crippen LogP contribution is -2.41. The third-order valence-corrected chi connectivity index (χ3v) is 7.45. The van der Waals surface area contributed by atoms with Crippen LogP contribution in [-0.2, 0) is 10.0 Å². The first-order valence-corrected chi connectivity index (χ1v) is 11.9. The Morgan fingerprint density at radius 2 is 2.00 bits per heavy atom. The van der Waals surface area contributed by atoms with Gasteiger partial charge in [0.05, 0.1) is 16.1 Å². The second-order valence-electron chi connectivity index (χ2n) is 6.49. The van der Waals surface area contributed by atoms with E-state index in [4.69, 9.17) is 11.6 Å². The molecule has 1 fully saturated rings. The molecular weight excluding hydrogens is 420 g/mol. The number of aromatic nitrogens is 2. The van der Waals surface area contributed by atoms with Crippen molar-refractivity contribution in [3.8, 4) is 0 Å². The van der Waals surface area contributed by atoms with Gasteiger partial charge in [-0.05, 0) is 50.3 Å². The molecule has 1 N–H and O–H groups in total. The second kappa shape index (κ2) is 8.77. The van der Waals surface area contributed by atoms with Crippen molar-refractivity contribution < 1.29 is 13.2 Å². The molecule has 3 rings (SSSR count). The summed E-state index contributed by atoms with van der Waals surface area (Å²) in [7, 11) is -3.55. The minimum Gasteiger partial charge on any atom is -0.321 e. The van der Waals surface area contributed by atoms with Crippen molar-refractivity contribution in [2.45, 2.75) is 42.3 Å². The molecule has 0 saturated carbocycles. The number of hydrogen-bond acceptors (Lipinski definition) is 6. The number of benzene rings is 1.